The largest absolute Gasteiger partial charge is 0.464 e. The Morgan fingerprint density at radius 3 is 2.68 bits per heavy atom. The van der Waals surface area contributed by atoms with Crippen molar-refractivity contribution < 1.29 is 13.9 Å². The van der Waals surface area contributed by atoms with Crippen LogP contribution in [0.5, 0.6) is 0 Å². The van der Waals surface area contributed by atoms with Gasteiger partial charge in [0.05, 0.1) is 13.7 Å². The molecule has 0 bridgehead atoms. The Hall–Kier alpha value is -1.40. The number of nitrogens with zero attached hydrogens (tertiary/aromatic N) is 2. The van der Waals surface area contributed by atoms with Gasteiger partial charge in [-0.15, -0.1) is 0 Å². The maximum atomic E-state index is 12.8. The number of carbonyl (C=O) groups is 1. The quantitative estimate of drug-likeness (QED) is 0.801. The van der Waals surface area contributed by atoms with Crippen molar-refractivity contribution in [2.24, 2.45) is 0 Å². The number of hydrogen-bond donors (Lipinski definition) is 0. The molecule has 0 saturated carbocycles. The molecule has 1 aromatic heterocycles. The second-order valence-corrected chi connectivity index (χ2v) is 4.81. The van der Waals surface area contributed by atoms with Gasteiger partial charge in [-0.25, -0.2) is 14.2 Å². The topological polar surface area (TPSA) is 44.1 Å². The van der Waals surface area contributed by atoms with Gasteiger partial charge in [-0.1, -0.05) is 12.1 Å². The first-order chi connectivity index (χ1) is 9.02. The molecule has 2 rings (SSSR count). The molecule has 0 saturated heterocycles. The van der Waals surface area contributed by atoms with E-state index in [4.69, 9.17) is 11.6 Å². The van der Waals surface area contributed by atoms with Crippen LogP contribution in [-0.2, 0) is 11.3 Å². The Bertz CT molecular complexity index is 613. The Kier molecular flexibility index (Phi) is 4.21. The van der Waals surface area contributed by atoms with Gasteiger partial charge in [0.15, 0.2) is 5.69 Å². The third-order valence-corrected chi connectivity index (χ3v) is 3.35. The summed E-state index contributed by atoms with van der Waals surface area (Å²) in [5.74, 6) is -0.872. The van der Waals surface area contributed by atoms with E-state index in [2.05, 4.69) is 25.7 Å². The molecular weight excluding hydrogens is 338 g/mol. The molecule has 0 unspecified atom stereocenters. The zero-order chi connectivity index (χ0) is 14.0. The minimum absolute atomic E-state index is 0.150. The number of esters is 1. The number of aromatic nitrogens is 2. The van der Waals surface area contributed by atoms with E-state index in [1.165, 1.54) is 23.8 Å². The van der Waals surface area contributed by atoms with Crippen LogP contribution in [0, 0.1) is 5.82 Å². The Balaban J connectivity index is 2.39. The van der Waals surface area contributed by atoms with Gasteiger partial charge < -0.3 is 9.30 Å². The van der Waals surface area contributed by atoms with E-state index < -0.39 is 5.97 Å². The summed E-state index contributed by atoms with van der Waals surface area (Å²) in [7, 11) is 1.28. The van der Waals surface area contributed by atoms with Crippen LogP contribution in [0.2, 0.25) is 5.28 Å². The summed E-state index contributed by atoms with van der Waals surface area (Å²) < 4.78 is 19.3. The lowest BCUT2D eigenvalue weighted by Crippen LogP contribution is -2.12. The van der Waals surface area contributed by atoms with Crippen LogP contribution in [0.25, 0.3) is 0 Å². The van der Waals surface area contributed by atoms with Crippen molar-refractivity contribution in [2.45, 2.75) is 6.54 Å². The summed E-state index contributed by atoms with van der Waals surface area (Å²) in [6, 6.07) is 5.90. The molecule has 0 radical (unpaired) electrons. The van der Waals surface area contributed by atoms with Gasteiger partial charge in [-0.05, 0) is 45.2 Å². The van der Waals surface area contributed by atoms with Crippen molar-refractivity contribution in [2.75, 3.05) is 7.11 Å². The zero-order valence-electron chi connectivity index (χ0n) is 9.86. The predicted octanol–water partition coefficient (Wildman–Crippen LogP) is 3.27. The third kappa shape index (κ3) is 2.96. The number of carbonyl (C=O) groups excluding carboxylic acids is 1. The average Bonchev–Trinajstić information content (AvgIpc) is 2.66. The number of methoxy groups -OCH3 is 1. The molecule has 1 heterocycles. The normalized spacial score (nSPS) is 10.5. The van der Waals surface area contributed by atoms with Crippen molar-refractivity contribution in [3.05, 3.63) is 51.2 Å². The van der Waals surface area contributed by atoms with Crippen LogP contribution < -0.4 is 0 Å². The molecular formula is C12H9BrClFN2O2. The number of ether oxygens (including phenoxy) is 1. The van der Waals surface area contributed by atoms with Crippen LogP contribution in [0.15, 0.2) is 28.9 Å². The molecule has 0 fully saturated rings. The fraction of sp³-hybridized carbons (Fsp3) is 0.167. The molecule has 1 aromatic carbocycles. The van der Waals surface area contributed by atoms with Crippen LogP contribution in [0.3, 0.4) is 0 Å². The minimum atomic E-state index is -0.548. The molecule has 100 valence electrons. The molecule has 7 heteroatoms. The average molecular weight is 348 g/mol. The lowest BCUT2D eigenvalue weighted by atomic mass is 10.2. The minimum Gasteiger partial charge on any atom is -0.464 e. The first-order valence-corrected chi connectivity index (χ1v) is 6.44. The van der Waals surface area contributed by atoms with Gasteiger partial charge in [0.2, 0.25) is 5.28 Å². The van der Waals surface area contributed by atoms with E-state index in [9.17, 15) is 9.18 Å². The number of imidazole rings is 1. The monoisotopic (exact) mass is 346 g/mol. The second kappa shape index (κ2) is 5.71. The summed E-state index contributed by atoms with van der Waals surface area (Å²) in [5, 5.41) is 0.150. The molecule has 0 atom stereocenters. The van der Waals surface area contributed by atoms with E-state index in [0.29, 0.717) is 11.1 Å². The van der Waals surface area contributed by atoms with Crippen LogP contribution in [0.1, 0.15) is 16.1 Å². The summed E-state index contributed by atoms with van der Waals surface area (Å²) in [6.07, 6.45) is 0. The molecule has 2 aromatic rings. The highest BCUT2D eigenvalue weighted by molar-refractivity contribution is 9.10. The lowest BCUT2D eigenvalue weighted by Gasteiger charge is -2.08. The fourth-order valence-electron chi connectivity index (χ4n) is 1.61. The van der Waals surface area contributed by atoms with E-state index in [-0.39, 0.29) is 16.8 Å². The van der Waals surface area contributed by atoms with Crippen molar-refractivity contribution in [3.63, 3.8) is 0 Å². The summed E-state index contributed by atoms with van der Waals surface area (Å²) in [6.45, 7) is 0.294. The van der Waals surface area contributed by atoms with E-state index in [1.807, 2.05) is 0 Å². The van der Waals surface area contributed by atoms with Crippen molar-refractivity contribution >= 4 is 33.5 Å². The second-order valence-electron chi connectivity index (χ2n) is 3.72. The molecule has 0 N–H and O–H groups in total. The molecule has 0 aliphatic carbocycles. The van der Waals surface area contributed by atoms with Crippen LogP contribution in [-0.4, -0.2) is 22.6 Å². The highest BCUT2D eigenvalue weighted by Crippen LogP contribution is 2.23. The molecule has 0 amide bonds. The third-order valence-electron chi connectivity index (χ3n) is 2.51. The zero-order valence-corrected chi connectivity index (χ0v) is 12.2. The van der Waals surface area contributed by atoms with Gasteiger partial charge in [-0.3, -0.25) is 0 Å². The van der Waals surface area contributed by atoms with Gasteiger partial charge >= 0.3 is 5.97 Å². The molecule has 0 spiro atoms. The first kappa shape index (κ1) is 14.0. The van der Waals surface area contributed by atoms with E-state index >= 15 is 0 Å². The number of rotatable bonds is 3. The van der Waals surface area contributed by atoms with E-state index in [0.717, 1.165) is 5.56 Å². The number of hydrogen-bond acceptors (Lipinski definition) is 3. The Labute approximate surface area is 122 Å². The standard InChI is InChI=1S/C12H9BrClFN2O2/c1-19-11(18)9-10(13)16-12(14)17(9)6-7-2-4-8(15)5-3-7/h2-5H,6H2,1H3. The number of benzene rings is 1. The molecule has 4 nitrogen and oxygen atoms in total. The van der Waals surface area contributed by atoms with Crippen molar-refractivity contribution in [1.29, 1.82) is 0 Å². The van der Waals surface area contributed by atoms with Gasteiger partial charge in [-0.2, -0.15) is 0 Å². The Morgan fingerprint density at radius 1 is 1.47 bits per heavy atom. The smallest absolute Gasteiger partial charge is 0.357 e. The molecule has 19 heavy (non-hydrogen) atoms. The predicted molar refractivity (Wildman–Crippen MR) is 71.8 cm³/mol. The SMILES string of the molecule is COC(=O)c1c(Br)nc(Cl)n1Cc1ccc(F)cc1. The maximum Gasteiger partial charge on any atom is 0.357 e. The lowest BCUT2D eigenvalue weighted by molar-refractivity contribution is 0.0588. The van der Waals surface area contributed by atoms with Crippen LogP contribution in [0.4, 0.5) is 4.39 Å². The van der Waals surface area contributed by atoms with Crippen molar-refractivity contribution in [3.8, 4) is 0 Å². The highest BCUT2D eigenvalue weighted by atomic mass is 79.9. The first-order valence-electron chi connectivity index (χ1n) is 5.27. The summed E-state index contributed by atoms with van der Waals surface area (Å²) >= 11 is 9.13. The van der Waals surface area contributed by atoms with Gasteiger partial charge in [0.25, 0.3) is 0 Å². The van der Waals surface area contributed by atoms with Gasteiger partial charge in [0.1, 0.15) is 10.4 Å². The van der Waals surface area contributed by atoms with E-state index in [1.54, 1.807) is 12.1 Å². The van der Waals surface area contributed by atoms with Gasteiger partial charge in [0, 0.05) is 0 Å². The number of halogens is 3. The maximum absolute atomic E-state index is 12.8. The molecule has 0 aliphatic rings. The molecule has 0 aliphatic heterocycles. The van der Waals surface area contributed by atoms with Crippen LogP contribution >= 0.6 is 27.5 Å². The van der Waals surface area contributed by atoms with Crippen molar-refractivity contribution in [1.82, 2.24) is 9.55 Å². The highest BCUT2D eigenvalue weighted by Gasteiger charge is 2.21. The fourth-order valence-corrected chi connectivity index (χ4v) is 2.48. The Morgan fingerprint density at radius 2 is 2.11 bits per heavy atom. The summed E-state index contributed by atoms with van der Waals surface area (Å²) in [5.41, 5.74) is 1.01. The summed E-state index contributed by atoms with van der Waals surface area (Å²) in [4.78, 5) is 15.6.